The predicted molar refractivity (Wildman–Crippen MR) is 115 cm³/mol. The van der Waals surface area contributed by atoms with E-state index >= 15 is 0 Å². The van der Waals surface area contributed by atoms with Crippen LogP contribution in [0.4, 0.5) is 0 Å². The van der Waals surface area contributed by atoms with Crippen LogP contribution >= 0.6 is 0 Å². The van der Waals surface area contributed by atoms with E-state index in [1.807, 2.05) is 6.92 Å². The van der Waals surface area contributed by atoms with Crippen molar-refractivity contribution in [2.45, 2.75) is 51.6 Å². The Labute approximate surface area is 187 Å². The normalized spacial score (nSPS) is 27.6. The number of hydrogen-bond acceptors (Lipinski definition) is 6. The Balaban J connectivity index is 1.53. The molecule has 4 atom stereocenters. The molecule has 0 aromatic heterocycles. The molecule has 3 aliphatic rings. The standard InChI is InChI=1S/C23H28BNO7/c1-13-11-16-20(23(30)25(22(16)29)10-6-2-3-9-19(27)28)15-12-18(32-24(31)21(13)15)14-7-4-5-8-17(14)26/h4-5,7-8,15-16,18,20,26,31H,2-3,6,9-12H2,1H3,(H,27,28)/t15-,16-,18-,20+/m0/s1. The zero-order valence-corrected chi connectivity index (χ0v) is 18.1. The molecule has 1 aliphatic carbocycles. The molecule has 32 heavy (non-hydrogen) atoms. The van der Waals surface area contributed by atoms with Crippen LogP contribution < -0.4 is 0 Å². The Kier molecular flexibility index (Phi) is 6.39. The summed E-state index contributed by atoms with van der Waals surface area (Å²) in [6, 6.07) is 6.78. The van der Waals surface area contributed by atoms with Crippen molar-refractivity contribution in [2.24, 2.45) is 17.8 Å². The third kappa shape index (κ3) is 4.07. The number of benzene rings is 1. The monoisotopic (exact) mass is 441 g/mol. The molecule has 0 bridgehead atoms. The molecule has 0 unspecified atom stereocenters. The predicted octanol–water partition coefficient (Wildman–Crippen LogP) is 2.46. The summed E-state index contributed by atoms with van der Waals surface area (Å²) in [7, 11) is -1.19. The lowest BCUT2D eigenvalue weighted by Gasteiger charge is -2.41. The van der Waals surface area contributed by atoms with Gasteiger partial charge in [-0.3, -0.25) is 19.3 Å². The number of carbonyl (C=O) groups excluding carboxylic acids is 2. The minimum atomic E-state index is -1.19. The van der Waals surface area contributed by atoms with Crippen LogP contribution in [-0.4, -0.2) is 51.6 Å². The number of aromatic hydroxyl groups is 1. The van der Waals surface area contributed by atoms with E-state index in [0.717, 1.165) is 5.57 Å². The first kappa shape index (κ1) is 22.5. The topological polar surface area (TPSA) is 124 Å². The van der Waals surface area contributed by atoms with Crippen molar-refractivity contribution in [3.8, 4) is 5.75 Å². The zero-order valence-electron chi connectivity index (χ0n) is 18.1. The summed E-state index contributed by atoms with van der Waals surface area (Å²) in [6.45, 7) is 2.16. The minimum Gasteiger partial charge on any atom is -0.508 e. The lowest BCUT2D eigenvalue weighted by atomic mass is 9.55. The van der Waals surface area contributed by atoms with Crippen molar-refractivity contribution < 1.29 is 34.3 Å². The number of phenols is 1. The van der Waals surface area contributed by atoms with Gasteiger partial charge in [0.2, 0.25) is 11.8 Å². The molecule has 2 amide bonds. The third-order valence-electron chi connectivity index (χ3n) is 7.00. The highest BCUT2D eigenvalue weighted by Gasteiger charge is 2.57. The van der Waals surface area contributed by atoms with E-state index in [9.17, 15) is 24.5 Å². The molecule has 2 aliphatic heterocycles. The van der Waals surface area contributed by atoms with E-state index in [-0.39, 0.29) is 36.4 Å². The smallest absolute Gasteiger partial charge is 0.487 e. The third-order valence-corrected chi connectivity index (χ3v) is 7.00. The summed E-state index contributed by atoms with van der Waals surface area (Å²) in [6.07, 6.45) is 2.02. The molecule has 1 aromatic carbocycles. The van der Waals surface area contributed by atoms with E-state index in [0.29, 0.717) is 43.1 Å². The molecule has 8 nitrogen and oxygen atoms in total. The van der Waals surface area contributed by atoms with Gasteiger partial charge in [-0.2, -0.15) is 0 Å². The average Bonchev–Trinajstić information content (AvgIpc) is 2.97. The Morgan fingerprint density at radius 3 is 2.62 bits per heavy atom. The van der Waals surface area contributed by atoms with Gasteiger partial charge in [0.25, 0.3) is 0 Å². The summed E-state index contributed by atoms with van der Waals surface area (Å²) in [5.41, 5.74) is 2.11. The number of allylic oxidation sites excluding steroid dienone is 2. The van der Waals surface area contributed by atoms with Crippen LogP contribution in [0, 0.1) is 17.8 Å². The zero-order chi connectivity index (χ0) is 23.0. The van der Waals surface area contributed by atoms with Gasteiger partial charge in [-0.15, -0.1) is 0 Å². The molecule has 1 aromatic rings. The number of carbonyl (C=O) groups is 3. The molecule has 2 saturated heterocycles. The van der Waals surface area contributed by atoms with Crippen LogP contribution in [0.25, 0.3) is 0 Å². The van der Waals surface area contributed by atoms with Gasteiger partial charge in [0.05, 0.1) is 17.9 Å². The van der Waals surface area contributed by atoms with Gasteiger partial charge in [-0.05, 0) is 50.1 Å². The number of hydrogen-bond donors (Lipinski definition) is 3. The second kappa shape index (κ2) is 9.07. The molecule has 170 valence electrons. The number of fused-ring (bicyclic) bond motifs is 3. The largest absolute Gasteiger partial charge is 0.508 e. The second-order valence-corrected chi connectivity index (χ2v) is 8.98. The van der Waals surface area contributed by atoms with Crippen molar-refractivity contribution in [2.75, 3.05) is 6.54 Å². The second-order valence-electron chi connectivity index (χ2n) is 8.98. The summed E-state index contributed by atoms with van der Waals surface area (Å²) >= 11 is 0. The number of carboxylic acids is 1. The van der Waals surface area contributed by atoms with Crippen molar-refractivity contribution >= 4 is 24.9 Å². The molecule has 0 spiro atoms. The van der Waals surface area contributed by atoms with Gasteiger partial charge >= 0.3 is 13.1 Å². The van der Waals surface area contributed by atoms with Crippen LogP contribution in [0.2, 0.25) is 0 Å². The number of para-hydroxylation sites is 1. The van der Waals surface area contributed by atoms with Crippen LogP contribution in [0.15, 0.2) is 35.3 Å². The van der Waals surface area contributed by atoms with E-state index in [2.05, 4.69) is 0 Å². The fourth-order valence-electron chi connectivity index (χ4n) is 5.52. The first-order chi connectivity index (χ1) is 15.3. The number of nitrogens with zero attached hydrogens (tertiary/aromatic N) is 1. The maximum atomic E-state index is 13.3. The first-order valence-electron chi connectivity index (χ1n) is 11.2. The van der Waals surface area contributed by atoms with Gasteiger partial charge in [-0.1, -0.05) is 30.2 Å². The fraction of sp³-hybridized carbons (Fsp3) is 0.522. The van der Waals surface area contributed by atoms with Crippen molar-refractivity contribution in [3.63, 3.8) is 0 Å². The van der Waals surface area contributed by atoms with Crippen molar-refractivity contribution in [1.29, 1.82) is 0 Å². The van der Waals surface area contributed by atoms with Gasteiger partial charge in [0.15, 0.2) is 0 Å². The Morgan fingerprint density at radius 1 is 1.16 bits per heavy atom. The van der Waals surface area contributed by atoms with Crippen molar-refractivity contribution in [3.05, 3.63) is 40.9 Å². The Bertz CT molecular complexity index is 961. The Hall–Kier alpha value is -2.65. The number of phenolic OH excluding ortho intramolecular Hbond substituents is 1. The number of rotatable bonds is 7. The number of carboxylic acid groups (broad SMARTS) is 1. The average molecular weight is 441 g/mol. The number of aliphatic carboxylic acids is 1. The van der Waals surface area contributed by atoms with E-state index in [1.54, 1.807) is 24.3 Å². The highest BCUT2D eigenvalue weighted by atomic mass is 16.5. The maximum absolute atomic E-state index is 13.3. The lowest BCUT2D eigenvalue weighted by Crippen LogP contribution is -2.44. The van der Waals surface area contributed by atoms with E-state index in [4.69, 9.17) is 9.76 Å². The van der Waals surface area contributed by atoms with Crippen LogP contribution in [0.3, 0.4) is 0 Å². The summed E-state index contributed by atoms with van der Waals surface area (Å²) in [5.74, 6) is -2.53. The van der Waals surface area contributed by atoms with E-state index < -0.39 is 31.0 Å². The molecule has 3 N–H and O–H groups in total. The summed E-state index contributed by atoms with van der Waals surface area (Å²) < 4.78 is 5.82. The molecule has 2 fully saturated rings. The number of imide groups is 1. The van der Waals surface area contributed by atoms with Crippen LogP contribution in [0.1, 0.15) is 57.1 Å². The van der Waals surface area contributed by atoms with Gasteiger partial charge in [0, 0.05) is 18.5 Å². The maximum Gasteiger partial charge on any atom is 0.487 e. The fourth-order valence-corrected chi connectivity index (χ4v) is 5.52. The highest BCUT2D eigenvalue weighted by Crippen LogP contribution is 2.51. The summed E-state index contributed by atoms with van der Waals surface area (Å²) in [5, 5.41) is 29.8. The molecular formula is C23H28BNO7. The van der Waals surface area contributed by atoms with Crippen molar-refractivity contribution in [1.82, 2.24) is 4.90 Å². The van der Waals surface area contributed by atoms with Crippen LogP contribution in [-0.2, 0) is 19.0 Å². The molecule has 9 heteroatoms. The molecule has 0 radical (unpaired) electrons. The lowest BCUT2D eigenvalue weighted by molar-refractivity contribution is -0.141. The molecule has 2 heterocycles. The first-order valence-corrected chi connectivity index (χ1v) is 11.2. The van der Waals surface area contributed by atoms with Crippen LogP contribution in [0.5, 0.6) is 5.75 Å². The Morgan fingerprint density at radius 2 is 1.91 bits per heavy atom. The number of amides is 2. The number of unbranched alkanes of at least 4 members (excludes halogenated alkanes) is 2. The highest BCUT2D eigenvalue weighted by molar-refractivity contribution is 6.53. The van der Waals surface area contributed by atoms with Gasteiger partial charge in [0.1, 0.15) is 5.75 Å². The molecule has 0 saturated carbocycles. The summed E-state index contributed by atoms with van der Waals surface area (Å²) in [4.78, 5) is 38.4. The quantitative estimate of drug-likeness (QED) is 0.337. The minimum absolute atomic E-state index is 0.0676. The van der Waals surface area contributed by atoms with E-state index in [1.165, 1.54) is 4.90 Å². The van der Waals surface area contributed by atoms with Gasteiger partial charge < -0.3 is 19.9 Å². The number of likely N-dealkylation sites (tertiary alicyclic amines) is 1. The SMILES string of the molecule is CC1=C2B(O)O[C@H](c3ccccc3O)C[C@H]2[C@H]2C(=O)N(CCCCCC(=O)O)C(=O)[C@H]2C1. The van der Waals surface area contributed by atoms with Gasteiger partial charge in [-0.25, -0.2) is 0 Å². The molecule has 4 rings (SSSR count). The molecular weight excluding hydrogens is 413 g/mol.